The molecule has 16 heavy (non-hydrogen) atoms. The van der Waals surface area contributed by atoms with Crippen molar-refractivity contribution in [2.24, 2.45) is 5.73 Å². The van der Waals surface area contributed by atoms with E-state index in [1.54, 1.807) is 11.3 Å². The van der Waals surface area contributed by atoms with Gasteiger partial charge in [-0.3, -0.25) is 4.98 Å². The highest BCUT2D eigenvalue weighted by Gasteiger charge is 2.03. The molecule has 0 saturated carbocycles. The van der Waals surface area contributed by atoms with Crippen LogP contribution in [0.3, 0.4) is 0 Å². The first-order valence-corrected chi connectivity index (χ1v) is 6.11. The summed E-state index contributed by atoms with van der Waals surface area (Å²) in [6.07, 6.45) is 1.81. The lowest BCUT2D eigenvalue weighted by atomic mass is 10.2. The number of hydrogen-bond acceptors (Lipinski definition) is 4. The van der Waals surface area contributed by atoms with E-state index in [-0.39, 0.29) is 0 Å². The van der Waals surface area contributed by atoms with E-state index in [2.05, 4.69) is 33.8 Å². The van der Waals surface area contributed by atoms with E-state index < -0.39 is 0 Å². The fraction of sp³-hybridized carbons (Fsp3) is 0.250. The monoisotopic (exact) mass is 233 g/mol. The van der Waals surface area contributed by atoms with Crippen LogP contribution in [0.5, 0.6) is 0 Å². The summed E-state index contributed by atoms with van der Waals surface area (Å²) in [4.78, 5) is 6.39. The highest BCUT2D eigenvalue weighted by atomic mass is 32.1. The second-order valence-corrected chi connectivity index (χ2v) is 4.48. The van der Waals surface area contributed by atoms with Gasteiger partial charge in [-0.2, -0.15) is 11.3 Å². The summed E-state index contributed by atoms with van der Waals surface area (Å²) in [6.45, 7) is 1.40. The van der Waals surface area contributed by atoms with Crippen molar-refractivity contribution >= 4 is 17.0 Å². The van der Waals surface area contributed by atoms with Crippen LogP contribution >= 0.6 is 11.3 Å². The normalized spacial score (nSPS) is 10.4. The minimum absolute atomic E-state index is 0.486. The molecule has 4 heteroatoms. The summed E-state index contributed by atoms with van der Waals surface area (Å²) < 4.78 is 0. The van der Waals surface area contributed by atoms with Gasteiger partial charge in [0.15, 0.2) is 0 Å². The Morgan fingerprint density at radius 1 is 1.44 bits per heavy atom. The summed E-state index contributed by atoms with van der Waals surface area (Å²) in [6, 6.07) is 6.18. The van der Waals surface area contributed by atoms with Gasteiger partial charge >= 0.3 is 0 Å². The summed E-state index contributed by atoms with van der Waals surface area (Å²) in [7, 11) is 2.08. The number of rotatable bonds is 4. The molecule has 2 aromatic rings. The SMILES string of the molecule is CN(Cc1ccsc1)c1ccnc(CN)c1. The van der Waals surface area contributed by atoms with Crippen molar-refractivity contribution < 1.29 is 0 Å². The molecule has 0 atom stereocenters. The number of nitrogens with zero attached hydrogens (tertiary/aromatic N) is 2. The molecule has 0 aliphatic heterocycles. The van der Waals surface area contributed by atoms with Crippen LogP contribution in [0.25, 0.3) is 0 Å². The fourth-order valence-corrected chi connectivity index (χ4v) is 2.22. The quantitative estimate of drug-likeness (QED) is 0.880. The Morgan fingerprint density at radius 3 is 3.00 bits per heavy atom. The predicted octanol–water partition coefficient (Wildman–Crippen LogP) is 2.24. The zero-order valence-corrected chi connectivity index (χ0v) is 10.1. The van der Waals surface area contributed by atoms with E-state index in [4.69, 9.17) is 5.73 Å². The van der Waals surface area contributed by atoms with Gasteiger partial charge in [-0.1, -0.05) is 0 Å². The molecule has 2 rings (SSSR count). The van der Waals surface area contributed by atoms with Gasteiger partial charge in [0.05, 0.1) is 5.69 Å². The molecule has 0 aliphatic carbocycles. The molecule has 0 amide bonds. The average Bonchev–Trinajstić information content (AvgIpc) is 2.82. The largest absolute Gasteiger partial charge is 0.370 e. The second kappa shape index (κ2) is 5.09. The summed E-state index contributed by atoms with van der Waals surface area (Å²) in [5, 5.41) is 4.27. The molecule has 0 saturated heterocycles. The third-order valence-corrected chi connectivity index (χ3v) is 3.18. The van der Waals surface area contributed by atoms with Gasteiger partial charge in [-0.15, -0.1) is 0 Å². The highest BCUT2D eigenvalue weighted by Crippen LogP contribution is 2.16. The Bertz CT molecular complexity index is 439. The molecule has 2 heterocycles. The maximum Gasteiger partial charge on any atom is 0.0560 e. The number of thiophene rings is 1. The van der Waals surface area contributed by atoms with Crippen molar-refractivity contribution in [1.82, 2.24) is 4.98 Å². The Labute approximate surface area is 99.5 Å². The molecule has 0 aliphatic rings. The van der Waals surface area contributed by atoms with Crippen molar-refractivity contribution in [3.05, 3.63) is 46.4 Å². The van der Waals surface area contributed by atoms with Crippen LogP contribution in [0.4, 0.5) is 5.69 Å². The van der Waals surface area contributed by atoms with Crippen LogP contribution in [-0.4, -0.2) is 12.0 Å². The molecular formula is C12H15N3S. The number of aromatic nitrogens is 1. The van der Waals surface area contributed by atoms with Crippen LogP contribution in [0.1, 0.15) is 11.3 Å². The molecule has 84 valence electrons. The van der Waals surface area contributed by atoms with E-state index in [0.29, 0.717) is 6.54 Å². The molecule has 3 nitrogen and oxygen atoms in total. The van der Waals surface area contributed by atoms with Gasteiger partial charge in [0, 0.05) is 32.0 Å². The topological polar surface area (TPSA) is 42.2 Å². The van der Waals surface area contributed by atoms with E-state index >= 15 is 0 Å². The smallest absolute Gasteiger partial charge is 0.0560 e. The Morgan fingerprint density at radius 2 is 2.31 bits per heavy atom. The van der Waals surface area contributed by atoms with Gasteiger partial charge in [-0.05, 0) is 34.5 Å². The maximum absolute atomic E-state index is 5.58. The molecule has 0 spiro atoms. The van der Waals surface area contributed by atoms with E-state index in [0.717, 1.165) is 17.9 Å². The van der Waals surface area contributed by atoms with Crippen LogP contribution in [-0.2, 0) is 13.1 Å². The minimum Gasteiger partial charge on any atom is -0.370 e. The predicted molar refractivity (Wildman–Crippen MR) is 68.6 cm³/mol. The second-order valence-electron chi connectivity index (χ2n) is 3.70. The number of anilines is 1. The van der Waals surface area contributed by atoms with Gasteiger partial charge in [0.1, 0.15) is 0 Å². The summed E-state index contributed by atoms with van der Waals surface area (Å²) in [5.74, 6) is 0. The van der Waals surface area contributed by atoms with Gasteiger partial charge in [0.2, 0.25) is 0 Å². The molecule has 0 bridgehead atoms. The number of nitrogens with two attached hydrogens (primary N) is 1. The van der Waals surface area contributed by atoms with Crippen LogP contribution in [0.15, 0.2) is 35.2 Å². The molecule has 2 aromatic heterocycles. The van der Waals surface area contributed by atoms with E-state index in [9.17, 15) is 0 Å². The minimum atomic E-state index is 0.486. The molecule has 2 N–H and O–H groups in total. The fourth-order valence-electron chi connectivity index (χ4n) is 1.56. The van der Waals surface area contributed by atoms with Crippen LogP contribution in [0, 0.1) is 0 Å². The van der Waals surface area contributed by atoms with Gasteiger partial charge in [0.25, 0.3) is 0 Å². The van der Waals surface area contributed by atoms with Crippen LogP contribution < -0.4 is 10.6 Å². The Balaban J connectivity index is 2.11. The lowest BCUT2D eigenvalue weighted by Crippen LogP contribution is -2.16. The summed E-state index contributed by atoms with van der Waals surface area (Å²) in [5.41, 5.74) is 8.99. The van der Waals surface area contributed by atoms with Crippen LogP contribution in [0.2, 0.25) is 0 Å². The van der Waals surface area contributed by atoms with Gasteiger partial charge < -0.3 is 10.6 Å². The lowest BCUT2D eigenvalue weighted by molar-refractivity contribution is 0.912. The Hall–Kier alpha value is -1.39. The average molecular weight is 233 g/mol. The zero-order valence-electron chi connectivity index (χ0n) is 9.26. The van der Waals surface area contributed by atoms with E-state index in [1.165, 1.54) is 5.56 Å². The zero-order chi connectivity index (χ0) is 11.4. The van der Waals surface area contributed by atoms with Crippen molar-refractivity contribution in [3.63, 3.8) is 0 Å². The van der Waals surface area contributed by atoms with Gasteiger partial charge in [-0.25, -0.2) is 0 Å². The number of hydrogen-bond donors (Lipinski definition) is 1. The van der Waals surface area contributed by atoms with Crippen molar-refractivity contribution in [2.75, 3.05) is 11.9 Å². The molecule has 0 aromatic carbocycles. The Kier molecular flexibility index (Phi) is 3.54. The molecule has 0 unspecified atom stereocenters. The third kappa shape index (κ3) is 2.59. The highest BCUT2D eigenvalue weighted by molar-refractivity contribution is 7.07. The first kappa shape index (κ1) is 11.1. The first-order chi connectivity index (χ1) is 7.79. The molecule has 0 radical (unpaired) electrons. The van der Waals surface area contributed by atoms with Crippen molar-refractivity contribution in [1.29, 1.82) is 0 Å². The van der Waals surface area contributed by atoms with Crippen molar-refractivity contribution in [3.8, 4) is 0 Å². The lowest BCUT2D eigenvalue weighted by Gasteiger charge is -2.18. The maximum atomic E-state index is 5.58. The van der Waals surface area contributed by atoms with Crippen molar-refractivity contribution in [2.45, 2.75) is 13.1 Å². The third-order valence-electron chi connectivity index (χ3n) is 2.45. The summed E-state index contributed by atoms with van der Waals surface area (Å²) >= 11 is 1.73. The molecular weight excluding hydrogens is 218 g/mol. The van der Waals surface area contributed by atoms with E-state index in [1.807, 2.05) is 18.3 Å². The molecule has 0 fully saturated rings. The first-order valence-electron chi connectivity index (χ1n) is 5.17. The number of pyridine rings is 1. The standard InChI is InChI=1S/C12H15N3S/c1-15(8-10-3-5-16-9-10)12-2-4-14-11(6-12)7-13/h2-6,9H,7-8,13H2,1H3.